The van der Waals surface area contributed by atoms with Crippen molar-refractivity contribution in [2.45, 2.75) is 13.5 Å². The van der Waals surface area contributed by atoms with E-state index in [4.69, 9.17) is 9.47 Å². The van der Waals surface area contributed by atoms with Gasteiger partial charge in [0.05, 0.1) is 12.8 Å². The van der Waals surface area contributed by atoms with Crippen molar-refractivity contribution >= 4 is 23.7 Å². The lowest BCUT2D eigenvalue weighted by Crippen LogP contribution is -2.24. The zero-order valence-electron chi connectivity index (χ0n) is 16.7. The first kappa shape index (κ1) is 21.4. The summed E-state index contributed by atoms with van der Waals surface area (Å²) in [5, 5.41) is 5.57. The van der Waals surface area contributed by atoms with Gasteiger partial charge in [-0.1, -0.05) is 18.2 Å². The van der Waals surface area contributed by atoms with Crippen LogP contribution in [0.1, 0.15) is 33.3 Å². The molecule has 2 N–H and O–H groups in total. The lowest BCUT2D eigenvalue weighted by Gasteiger charge is -2.12. The molecule has 0 saturated heterocycles. The van der Waals surface area contributed by atoms with Crippen molar-refractivity contribution < 1.29 is 23.9 Å². The summed E-state index contributed by atoms with van der Waals surface area (Å²) in [5.41, 5.74) is 1.84. The highest BCUT2D eigenvalue weighted by Crippen LogP contribution is 2.17. The Balaban J connectivity index is 1.60. The number of anilines is 1. The summed E-state index contributed by atoms with van der Waals surface area (Å²) in [6.07, 6.45) is 3.48. The summed E-state index contributed by atoms with van der Waals surface area (Å²) < 4.78 is 9.67. The van der Waals surface area contributed by atoms with E-state index in [0.29, 0.717) is 11.3 Å². The number of carbonyl (C=O) groups is 3. The summed E-state index contributed by atoms with van der Waals surface area (Å²) in [6, 6.07) is 13.2. The van der Waals surface area contributed by atoms with E-state index >= 15 is 0 Å². The molecule has 0 unspecified atom stereocenters. The molecule has 0 fully saturated rings. The summed E-state index contributed by atoms with van der Waals surface area (Å²) in [4.78, 5) is 44.0. The fraction of sp³-hybridized carbons (Fsp3) is 0.136. The number of nitrogens with zero attached hydrogens (tertiary/aromatic N) is 2. The number of carbonyl (C=O) groups excluding carboxylic acids is 3. The Kier molecular flexibility index (Phi) is 7.26. The summed E-state index contributed by atoms with van der Waals surface area (Å²) in [6.45, 7) is 2.07. The van der Waals surface area contributed by atoms with Gasteiger partial charge in [-0.05, 0) is 42.8 Å². The predicted octanol–water partition coefficient (Wildman–Crippen LogP) is 3.19. The second kappa shape index (κ2) is 10.5. The maximum atomic E-state index is 12.5. The van der Waals surface area contributed by atoms with Crippen LogP contribution in [0.25, 0.3) is 0 Å². The SMILES string of the molecule is CCOC(=O)Oc1ccc(C(=O)NCc2ccccc2NC(=O)c2cnccn2)cc1. The quantitative estimate of drug-likeness (QED) is 0.445. The minimum atomic E-state index is -0.806. The Hall–Kier alpha value is -4.27. The third-order valence-corrected chi connectivity index (χ3v) is 4.08. The maximum Gasteiger partial charge on any atom is 0.513 e. The number of ether oxygens (including phenoxy) is 2. The average Bonchev–Trinajstić information content (AvgIpc) is 2.79. The van der Waals surface area contributed by atoms with Crippen LogP contribution in [0, 0.1) is 0 Å². The zero-order chi connectivity index (χ0) is 22.1. The fourth-order valence-electron chi connectivity index (χ4n) is 2.59. The van der Waals surface area contributed by atoms with E-state index in [1.54, 1.807) is 31.2 Å². The van der Waals surface area contributed by atoms with Crippen LogP contribution in [0.4, 0.5) is 10.5 Å². The van der Waals surface area contributed by atoms with Crippen molar-refractivity contribution in [2.75, 3.05) is 11.9 Å². The van der Waals surface area contributed by atoms with Crippen LogP contribution in [0.2, 0.25) is 0 Å². The largest absolute Gasteiger partial charge is 0.513 e. The molecule has 1 aromatic heterocycles. The molecule has 2 aromatic carbocycles. The number of nitrogens with one attached hydrogen (secondary N) is 2. The molecule has 0 aliphatic carbocycles. The van der Waals surface area contributed by atoms with E-state index in [-0.39, 0.29) is 30.5 Å². The lowest BCUT2D eigenvalue weighted by atomic mass is 10.1. The van der Waals surface area contributed by atoms with Gasteiger partial charge in [0.2, 0.25) is 0 Å². The highest BCUT2D eigenvalue weighted by Gasteiger charge is 2.12. The number of amides is 2. The summed E-state index contributed by atoms with van der Waals surface area (Å²) in [5.74, 6) is -0.450. The average molecular weight is 420 g/mol. The van der Waals surface area contributed by atoms with Crippen molar-refractivity contribution in [1.29, 1.82) is 0 Å². The van der Waals surface area contributed by atoms with Gasteiger partial charge >= 0.3 is 6.16 Å². The number of rotatable bonds is 7. The van der Waals surface area contributed by atoms with Crippen molar-refractivity contribution in [3.05, 3.63) is 83.9 Å². The molecule has 9 heteroatoms. The van der Waals surface area contributed by atoms with E-state index in [1.165, 1.54) is 42.9 Å². The van der Waals surface area contributed by atoms with E-state index < -0.39 is 12.1 Å². The van der Waals surface area contributed by atoms with Gasteiger partial charge in [0, 0.05) is 30.2 Å². The Morgan fingerprint density at radius 2 is 1.74 bits per heavy atom. The predicted molar refractivity (Wildman–Crippen MR) is 112 cm³/mol. The molecule has 0 radical (unpaired) electrons. The normalized spacial score (nSPS) is 10.1. The molecule has 3 aromatic rings. The van der Waals surface area contributed by atoms with Gasteiger partial charge in [0.15, 0.2) is 0 Å². The molecule has 158 valence electrons. The standard InChI is InChI=1S/C22H20N4O5/c1-2-30-22(29)31-17-9-7-15(8-10-17)20(27)25-13-16-5-3-4-6-18(16)26-21(28)19-14-23-11-12-24-19/h3-12,14H,2,13H2,1H3,(H,25,27)(H,26,28). The monoisotopic (exact) mass is 420 g/mol. The van der Waals surface area contributed by atoms with Crippen LogP contribution in [0.5, 0.6) is 5.75 Å². The molecule has 2 amide bonds. The molecule has 31 heavy (non-hydrogen) atoms. The highest BCUT2D eigenvalue weighted by atomic mass is 16.7. The first-order valence-electron chi connectivity index (χ1n) is 9.45. The maximum absolute atomic E-state index is 12.5. The highest BCUT2D eigenvalue weighted by molar-refractivity contribution is 6.03. The molecule has 0 atom stereocenters. The Labute approximate surface area is 178 Å². The number of para-hydroxylation sites is 1. The minimum Gasteiger partial charge on any atom is -0.434 e. The minimum absolute atomic E-state index is 0.187. The molecule has 1 heterocycles. The molecular formula is C22H20N4O5. The smallest absolute Gasteiger partial charge is 0.434 e. The number of hydrogen-bond acceptors (Lipinski definition) is 7. The van der Waals surface area contributed by atoms with Crippen molar-refractivity contribution in [1.82, 2.24) is 15.3 Å². The number of hydrogen-bond donors (Lipinski definition) is 2. The molecule has 0 aliphatic rings. The fourth-order valence-corrected chi connectivity index (χ4v) is 2.59. The molecule has 0 spiro atoms. The lowest BCUT2D eigenvalue weighted by molar-refractivity contribution is 0.0950. The van der Waals surface area contributed by atoms with Gasteiger partial charge in [-0.15, -0.1) is 0 Å². The first-order valence-corrected chi connectivity index (χ1v) is 9.45. The van der Waals surface area contributed by atoms with Crippen LogP contribution in [0.3, 0.4) is 0 Å². The topological polar surface area (TPSA) is 120 Å². The second-order valence-corrected chi connectivity index (χ2v) is 6.19. The summed E-state index contributed by atoms with van der Waals surface area (Å²) in [7, 11) is 0. The van der Waals surface area contributed by atoms with E-state index in [1.807, 2.05) is 0 Å². The molecule has 3 rings (SSSR count). The van der Waals surface area contributed by atoms with Crippen LogP contribution in [-0.4, -0.2) is 34.5 Å². The van der Waals surface area contributed by atoms with Crippen LogP contribution in [-0.2, 0) is 11.3 Å². The summed E-state index contributed by atoms with van der Waals surface area (Å²) >= 11 is 0. The molecule has 0 saturated carbocycles. The number of benzene rings is 2. The van der Waals surface area contributed by atoms with Crippen molar-refractivity contribution in [3.63, 3.8) is 0 Å². The van der Waals surface area contributed by atoms with Gasteiger partial charge < -0.3 is 20.1 Å². The van der Waals surface area contributed by atoms with Gasteiger partial charge in [-0.3, -0.25) is 14.6 Å². The molecule has 9 nitrogen and oxygen atoms in total. The van der Waals surface area contributed by atoms with Crippen molar-refractivity contribution in [3.8, 4) is 5.75 Å². The third-order valence-electron chi connectivity index (χ3n) is 4.08. The van der Waals surface area contributed by atoms with Gasteiger partial charge in [0.1, 0.15) is 11.4 Å². The van der Waals surface area contributed by atoms with E-state index in [9.17, 15) is 14.4 Å². The first-order chi connectivity index (χ1) is 15.1. The Morgan fingerprint density at radius 3 is 2.45 bits per heavy atom. The molecule has 0 aliphatic heterocycles. The third kappa shape index (κ3) is 6.10. The van der Waals surface area contributed by atoms with Gasteiger partial charge in [-0.25, -0.2) is 9.78 Å². The molecule has 0 bridgehead atoms. The van der Waals surface area contributed by atoms with Crippen LogP contribution >= 0.6 is 0 Å². The van der Waals surface area contributed by atoms with Crippen LogP contribution < -0.4 is 15.4 Å². The van der Waals surface area contributed by atoms with Crippen molar-refractivity contribution in [2.24, 2.45) is 0 Å². The van der Waals surface area contributed by atoms with Crippen LogP contribution in [0.15, 0.2) is 67.1 Å². The second-order valence-electron chi connectivity index (χ2n) is 6.19. The van der Waals surface area contributed by atoms with E-state index in [0.717, 1.165) is 5.56 Å². The van der Waals surface area contributed by atoms with E-state index in [2.05, 4.69) is 20.6 Å². The van der Waals surface area contributed by atoms with Gasteiger partial charge in [-0.2, -0.15) is 0 Å². The Morgan fingerprint density at radius 1 is 0.968 bits per heavy atom. The molecular weight excluding hydrogens is 400 g/mol. The number of aromatic nitrogens is 2. The zero-order valence-corrected chi connectivity index (χ0v) is 16.7. The van der Waals surface area contributed by atoms with Gasteiger partial charge in [0.25, 0.3) is 11.8 Å². The Bertz CT molecular complexity index is 1060.